The first-order valence-corrected chi connectivity index (χ1v) is 5.79. The molecule has 0 radical (unpaired) electrons. The molecule has 2 saturated heterocycles. The van der Waals surface area contributed by atoms with Crippen LogP contribution >= 0.6 is 0 Å². The van der Waals surface area contributed by atoms with E-state index in [1.54, 1.807) is 0 Å². The van der Waals surface area contributed by atoms with E-state index in [9.17, 15) is 19.5 Å². The van der Waals surface area contributed by atoms with Gasteiger partial charge in [-0.15, -0.1) is 0 Å². The second kappa shape index (κ2) is 4.53. The smallest absolute Gasteiger partial charge is 0.337 e. The minimum Gasteiger partial charge on any atom is -0.460 e. The average Bonchev–Trinajstić information content (AvgIpc) is 2.59. The Kier molecular flexibility index (Phi) is 3.21. The van der Waals surface area contributed by atoms with Crippen molar-refractivity contribution in [2.45, 2.75) is 31.5 Å². The molecule has 1 N–H and O–H groups in total. The molecule has 1 amide bonds. The molecule has 0 aromatic rings. The van der Waals surface area contributed by atoms with Crippen molar-refractivity contribution in [3.05, 3.63) is 12.7 Å². The summed E-state index contributed by atoms with van der Waals surface area (Å²) in [5.41, 5.74) is 0. The van der Waals surface area contributed by atoms with Crippen LogP contribution in [0.5, 0.6) is 0 Å². The van der Waals surface area contributed by atoms with E-state index in [0.717, 1.165) is 0 Å². The maximum atomic E-state index is 11.8. The van der Waals surface area contributed by atoms with Crippen LogP contribution in [0.1, 0.15) is 13.3 Å². The van der Waals surface area contributed by atoms with Gasteiger partial charge in [-0.25, -0.2) is 4.79 Å². The number of fused-ring (bicyclic) bond motifs is 1. The zero-order valence-electron chi connectivity index (χ0n) is 10.0. The number of β-lactam (4-membered cyclic amide) rings is 1. The van der Waals surface area contributed by atoms with Crippen molar-refractivity contribution in [1.29, 1.82) is 0 Å². The third-order valence-electron chi connectivity index (χ3n) is 3.39. The van der Waals surface area contributed by atoms with Gasteiger partial charge >= 0.3 is 5.97 Å². The van der Waals surface area contributed by atoms with Crippen LogP contribution in [-0.2, 0) is 19.1 Å². The Morgan fingerprint density at radius 3 is 2.89 bits per heavy atom. The van der Waals surface area contributed by atoms with Crippen LogP contribution in [-0.4, -0.2) is 52.5 Å². The van der Waals surface area contributed by atoms with Crippen molar-refractivity contribution in [2.75, 3.05) is 6.61 Å². The number of Topliss-reactive ketones (excluding diaryl/α,β-unsaturated/α-hetero) is 1. The molecule has 2 aliphatic rings. The van der Waals surface area contributed by atoms with E-state index in [1.165, 1.54) is 17.9 Å². The van der Waals surface area contributed by atoms with E-state index in [0.29, 0.717) is 0 Å². The molecule has 18 heavy (non-hydrogen) atoms. The van der Waals surface area contributed by atoms with E-state index >= 15 is 0 Å². The summed E-state index contributed by atoms with van der Waals surface area (Å²) in [5.74, 6) is -1.99. The quantitative estimate of drug-likeness (QED) is 0.309. The number of rotatable bonds is 4. The summed E-state index contributed by atoms with van der Waals surface area (Å²) in [4.78, 5) is 36.5. The molecule has 2 rings (SSSR count). The van der Waals surface area contributed by atoms with Gasteiger partial charge in [-0.3, -0.25) is 9.59 Å². The van der Waals surface area contributed by atoms with Gasteiger partial charge in [-0.2, -0.15) is 0 Å². The number of amides is 1. The molecule has 0 saturated carbocycles. The molecular formula is C12H15NO5. The van der Waals surface area contributed by atoms with E-state index in [-0.39, 0.29) is 30.8 Å². The highest BCUT2D eigenvalue weighted by atomic mass is 16.5. The van der Waals surface area contributed by atoms with Crippen LogP contribution in [0.3, 0.4) is 0 Å². The van der Waals surface area contributed by atoms with Gasteiger partial charge in [0.25, 0.3) is 0 Å². The minimum atomic E-state index is -1.14. The maximum absolute atomic E-state index is 11.8. The Labute approximate surface area is 104 Å². The van der Waals surface area contributed by atoms with E-state index in [4.69, 9.17) is 4.74 Å². The summed E-state index contributed by atoms with van der Waals surface area (Å²) in [6.07, 6.45) is 0.690. The molecule has 0 aromatic heterocycles. The fraction of sp³-hybridized carbons (Fsp3) is 0.583. The van der Waals surface area contributed by atoms with E-state index in [2.05, 4.69) is 6.58 Å². The lowest BCUT2D eigenvalue weighted by molar-refractivity contribution is -0.171. The summed E-state index contributed by atoms with van der Waals surface area (Å²) in [6, 6.07) is -1.51. The van der Waals surface area contributed by atoms with Gasteiger partial charge < -0.3 is 14.7 Å². The summed E-state index contributed by atoms with van der Waals surface area (Å²) >= 11 is 0. The number of nitrogens with zero attached hydrogens (tertiary/aromatic N) is 1. The first kappa shape index (κ1) is 12.8. The summed E-state index contributed by atoms with van der Waals surface area (Å²) < 4.78 is 4.81. The minimum absolute atomic E-state index is 0.00907. The summed E-state index contributed by atoms with van der Waals surface area (Å²) in [6.45, 7) is 4.92. The van der Waals surface area contributed by atoms with Crippen LogP contribution < -0.4 is 0 Å². The zero-order valence-corrected chi connectivity index (χ0v) is 10.0. The molecule has 2 heterocycles. The molecule has 2 fully saturated rings. The molecule has 4 atom stereocenters. The number of esters is 1. The number of aliphatic hydroxyl groups excluding tert-OH is 1. The standard InChI is InChI=1S/C12H15NO5/c1-3-4-18-12(17)10-8(15)5-7-9(6(2)14)11(16)13(7)10/h3,6-7,9-10,14H,1,4-5H2,2H3. The first-order chi connectivity index (χ1) is 8.49. The third kappa shape index (κ3) is 1.73. The van der Waals surface area contributed by atoms with Crippen molar-refractivity contribution in [2.24, 2.45) is 5.92 Å². The van der Waals surface area contributed by atoms with Gasteiger partial charge in [-0.1, -0.05) is 12.7 Å². The average molecular weight is 253 g/mol. The predicted molar refractivity (Wildman–Crippen MR) is 60.4 cm³/mol. The lowest BCUT2D eigenvalue weighted by Crippen LogP contribution is -2.64. The Morgan fingerprint density at radius 2 is 2.33 bits per heavy atom. The molecule has 6 heteroatoms. The van der Waals surface area contributed by atoms with Crippen LogP contribution in [0.4, 0.5) is 0 Å². The van der Waals surface area contributed by atoms with Crippen LogP contribution in [0.25, 0.3) is 0 Å². The molecule has 6 nitrogen and oxygen atoms in total. The Morgan fingerprint density at radius 1 is 1.67 bits per heavy atom. The van der Waals surface area contributed by atoms with E-state index in [1.807, 2.05) is 0 Å². The summed E-state index contributed by atoms with van der Waals surface area (Å²) in [7, 11) is 0. The zero-order chi connectivity index (χ0) is 13.4. The van der Waals surface area contributed by atoms with Crippen LogP contribution in [0, 0.1) is 5.92 Å². The second-order valence-electron chi connectivity index (χ2n) is 4.57. The number of hydrogen-bond acceptors (Lipinski definition) is 5. The third-order valence-corrected chi connectivity index (χ3v) is 3.39. The van der Waals surface area contributed by atoms with Crippen molar-refractivity contribution >= 4 is 17.7 Å². The summed E-state index contributed by atoms with van der Waals surface area (Å²) in [5, 5.41) is 9.45. The number of hydrogen-bond donors (Lipinski definition) is 1. The van der Waals surface area contributed by atoms with Gasteiger partial charge in [-0.05, 0) is 6.92 Å². The van der Waals surface area contributed by atoms with Gasteiger partial charge in [0.15, 0.2) is 11.8 Å². The van der Waals surface area contributed by atoms with Gasteiger partial charge in [0, 0.05) is 6.42 Å². The highest BCUT2D eigenvalue weighted by Crippen LogP contribution is 2.39. The fourth-order valence-electron chi connectivity index (χ4n) is 2.60. The largest absolute Gasteiger partial charge is 0.460 e. The Balaban J connectivity index is 2.11. The highest BCUT2D eigenvalue weighted by molar-refractivity contribution is 6.11. The number of carbonyl (C=O) groups excluding carboxylic acids is 3. The van der Waals surface area contributed by atoms with Gasteiger partial charge in [0.2, 0.25) is 5.91 Å². The van der Waals surface area contributed by atoms with Crippen molar-refractivity contribution in [1.82, 2.24) is 4.90 Å². The first-order valence-electron chi connectivity index (χ1n) is 5.79. The molecule has 0 spiro atoms. The normalized spacial score (nSPS) is 31.7. The fourth-order valence-corrected chi connectivity index (χ4v) is 2.60. The lowest BCUT2D eigenvalue weighted by Gasteiger charge is -2.45. The van der Waals surface area contributed by atoms with Gasteiger partial charge in [0.05, 0.1) is 18.1 Å². The number of ether oxygens (including phenoxy) is 1. The number of aliphatic hydroxyl groups is 1. The second-order valence-corrected chi connectivity index (χ2v) is 4.57. The van der Waals surface area contributed by atoms with Crippen LogP contribution in [0.2, 0.25) is 0 Å². The Bertz CT molecular complexity index is 417. The number of carbonyl (C=O) groups is 3. The molecule has 0 aliphatic carbocycles. The predicted octanol–water partition coefficient (Wildman–Crippen LogP) is -0.735. The van der Waals surface area contributed by atoms with Crippen molar-refractivity contribution in [3.63, 3.8) is 0 Å². The monoisotopic (exact) mass is 253 g/mol. The highest BCUT2D eigenvalue weighted by Gasteiger charge is 2.61. The molecule has 2 aliphatic heterocycles. The lowest BCUT2D eigenvalue weighted by atomic mass is 9.84. The SMILES string of the molecule is C=CCOC(=O)C1C(=O)CC2C(C(C)O)C(=O)N12. The molecule has 0 aromatic carbocycles. The van der Waals surface area contributed by atoms with Gasteiger partial charge in [0.1, 0.15) is 6.61 Å². The van der Waals surface area contributed by atoms with E-state index < -0.39 is 24.0 Å². The number of ketones is 1. The Hall–Kier alpha value is -1.69. The van der Waals surface area contributed by atoms with Crippen molar-refractivity contribution in [3.8, 4) is 0 Å². The molecule has 4 unspecified atom stereocenters. The molecular weight excluding hydrogens is 238 g/mol. The van der Waals surface area contributed by atoms with Crippen LogP contribution in [0.15, 0.2) is 12.7 Å². The molecule has 98 valence electrons. The molecule has 0 bridgehead atoms. The van der Waals surface area contributed by atoms with Crippen molar-refractivity contribution < 1.29 is 24.2 Å². The maximum Gasteiger partial charge on any atom is 0.337 e. The topological polar surface area (TPSA) is 83.9 Å².